The Morgan fingerprint density at radius 3 is 2.24 bits per heavy atom. The van der Waals surface area contributed by atoms with Crippen molar-refractivity contribution in [3.8, 4) is 5.69 Å². The van der Waals surface area contributed by atoms with Gasteiger partial charge in [0.25, 0.3) is 0 Å². The van der Waals surface area contributed by atoms with Gasteiger partial charge in [0.15, 0.2) is 0 Å². The predicted molar refractivity (Wildman–Crippen MR) is 90.3 cm³/mol. The van der Waals surface area contributed by atoms with Gasteiger partial charge < -0.3 is 4.57 Å². The van der Waals surface area contributed by atoms with Crippen LogP contribution in [0.15, 0.2) is 66.7 Å². The quantitative estimate of drug-likeness (QED) is 0.437. The number of aromatic nitrogens is 1. The highest BCUT2D eigenvalue weighted by Crippen LogP contribution is 2.33. The van der Waals surface area contributed by atoms with Crippen molar-refractivity contribution >= 4 is 21.7 Å². The topological polar surface area (TPSA) is 4.93 Å². The van der Waals surface area contributed by atoms with Gasteiger partial charge in [-0.05, 0) is 48.4 Å². The molecule has 0 N–H and O–H groups in total. The van der Waals surface area contributed by atoms with Gasteiger partial charge in [-0.15, -0.1) is 0 Å². The first-order chi connectivity index (χ1) is 10.3. The molecule has 4 rings (SSSR count). The lowest BCUT2D eigenvalue weighted by atomic mass is 10.0. The van der Waals surface area contributed by atoms with E-state index in [1.807, 2.05) is 0 Å². The molecular weight excluding hydrogens is 254 g/mol. The average Bonchev–Trinajstić information content (AvgIpc) is 2.80. The highest BCUT2D eigenvalue weighted by molar-refractivity contribution is 6.09. The third-order valence-corrected chi connectivity index (χ3v) is 4.42. The van der Waals surface area contributed by atoms with Gasteiger partial charge in [-0.2, -0.15) is 0 Å². The highest BCUT2D eigenvalue weighted by Gasteiger charge is 2.14. The minimum Gasteiger partial charge on any atom is -0.314 e. The first kappa shape index (κ1) is 12.2. The van der Waals surface area contributed by atoms with Gasteiger partial charge in [-0.1, -0.05) is 48.5 Å². The zero-order valence-corrected chi connectivity index (χ0v) is 12.3. The molecule has 21 heavy (non-hydrogen) atoms. The van der Waals surface area contributed by atoms with Crippen molar-refractivity contribution in [1.82, 2.24) is 4.57 Å². The first-order valence-corrected chi connectivity index (χ1v) is 7.32. The molecule has 3 aromatic carbocycles. The van der Waals surface area contributed by atoms with Crippen LogP contribution in [0.3, 0.4) is 0 Å². The Kier molecular flexibility index (Phi) is 2.61. The lowest BCUT2D eigenvalue weighted by molar-refractivity contribution is 1.04. The van der Waals surface area contributed by atoms with E-state index >= 15 is 0 Å². The van der Waals surface area contributed by atoms with Crippen LogP contribution in [0.2, 0.25) is 0 Å². The molecule has 0 spiro atoms. The Balaban J connectivity index is 2.19. The van der Waals surface area contributed by atoms with E-state index in [4.69, 9.17) is 0 Å². The molecule has 1 aromatic heterocycles. The molecule has 102 valence electrons. The number of hydrogen-bond donors (Lipinski definition) is 0. The molecule has 0 bridgehead atoms. The molecule has 1 nitrogen and oxygen atoms in total. The van der Waals surface area contributed by atoms with Crippen molar-refractivity contribution in [1.29, 1.82) is 0 Å². The molecule has 0 aliphatic carbocycles. The van der Waals surface area contributed by atoms with E-state index in [2.05, 4.69) is 85.1 Å². The maximum Gasteiger partial charge on any atom is 0.0540 e. The van der Waals surface area contributed by atoms with E-state index in [9.17, 15) is 0 Å². The van der Waals surface area contributed by atoms with E-state index in [-0.39, 0.29) is 0 Å². The third kappa shape index (κ3) is 1.71. The van der Waals surface area contributed by atoms with Crippen LogP contribution in [0.4, 0.5) is 0 Å². The number of aryl methyl sites for hydroxylation is 1. The van der Waals surface area contributed by atoms with Gasteiger partial charge in [0.05, 0.1) is 5.52 Å². The molecule has 0 aliphatic heterocycles. The summed E-state index contributed by atoms with van der Waals surface area (Å²) in [5.41, 5.74) is 5.19. The second-order valence-electron chi connectivity index (χ2n) is 5.56. The predicted octanol–water partition coefficient (Wildman–Crippen LogP) is 5.40. The Morgan fingerprint density at radius 2 is 1.43 bits per heavy atom. The summed E-state index contributed by atoms with van der Waals surface area (Å²) in [5, 5.41) is 4.01. The van der Waals surface area contributed by atoms with Crippen molar-refractivity contribution in [2.24, 2.45) is 0 Å². The Labute approximate surface area is 124 Å². The van der Waals surface area contributed by atoms with E-state index in [0.29, 0.717) is 0 Å². The molecule has 0 saturated carbocycles. The number of rotatable bonds is 1. The Bertz CT molecular complexity index is 946. The summed E-state index contributed by atoms with van der Waals surface area (Å²) in [7, 11) is 0. The normalized spacial score (nSPS) is 11.3. The molecule has 1 heteroatoms. The van der Waals surface area contributed by atoms with E-state index in [0.717, 1.165) is 0 Å². The van der Waals surface area contributed by atoms with Gasteiger partial charge in [0.2, 0.25) is 0 Å². The third-order valence-electron chi connectivity index (χ3n) is 4.42. The van der Waals surface area contributed by atoms with Gasteiger partial charge in [0, 0.05) is 16.8 Å². The second kappa shape index (κ2) is 4.49. The van der Waals surface area contributed by atoms with Gasteiger partial charge in [-0.3, -0.25) is 0 Å². The maximum absolute atomic E-state index is 2.36. The summed E-state index contributed by atoms with van der Waals surface area (Å²) in [6, 6.07) is 23.7. The van der Waals surface area contributed by atoms with Crippen LogP contribution in [0, 0.1) is 13.8 Å². The van der Waals surface area contributed by atoms with Crippen LogP contribution in [-0.2, 0) is 0 Å². The SMILES string of the molecule is Cc1c(C)n(-c2ccccc2)c2ccc3ccccc3c12. The number of para-hydroxylation sites is 1. The van der Waals surface area contributed by atoms with Gasteiger partial charge in [-0.25, -0.2) is 0 Å². The molecular formula is C20H17N. The fraction of sp³-hybridized carbons (Fsp3) is 0.100. The number of fused-ring (bicyclic) bond motifs is 3. The fourth-order valence-electron chi connectivity index (χ4n) is 3.28. The smallest absolute Gasteiger partial charge is 0.0540 e. The van der Waals surface area contributed by atoms with Crippen LogP contribution in [0.25, 0.3) is 27.4 Å². The van der Waals surface area contributed by atoms with Gasteiger partial charge >= 0.3 is 0 Å². The zero-order valence-electron chi connectivity index (χ0n) is 12.3. The maximum atomic E-state index is 2.36. The molecule has 0 atom stereocenters. The number of hydrogen-bond acceptors (Lipinski definition) is 0. The number of nitrogens with zero attached hydrogens (tertiary/aromatic N) is 1. The van der Waals surface area contributed by atoms with E-state index < -0.39 is 0 Å². The molecule has 4 aromatic rings. The summed E-state index contributed by atoms with van der Waals surface area (Å²) in [4.78, 5) is 0. The van der Waals surface area contributed by atoms with Crippen molar-refractivity contribution in [3.63, 3.8) is 0 Å². The zero-order chi connectivity index (χ0) is 14.4. The minimum absolute atomic E-state index is 1.23. The van der Waals surface area contributed by atoms with Crippen LogP contribution in [-0.4, -0.2) is 4.57 Å². The Hall–Kier alpha value is -2.54. The van der Waals surface area contributed by atoms with E-state index in [1.54, 1.807) is 0 Å². The largest absolute Gasteiger partial charge is 0.314 e. The minimum atomic E-state index is 1.23. The first-order valence-electron chi connectivity index (χ1n) is 7.32. The summed E-state index contributed by atoms with van der Waals surface area (Å²) in [6.45, 7) is 4.43. The summed E-state index contributed by atoms with van der Waals surface area (Å²) >= 11 is 0. The Morgan fingerprint density at radius 1 is 0.714 bits per heavy atom. The monoisotopic (exact) mass is 271 g/mol. The second-order valence-corrected chi connectivity index (χ2v) is 5.56. The summed E-state index contributed by atoms with van der Waals surface area (Å²) < 4.78 is 2.36. The molecule has 0 aliphatic rings. The molecule has 0 saturated heterocycles. The molecule has 0 unspecified atom stereocenters. The molecule has 0 amide bonds. The van der Waals surface area contributed by atoms with Crippen LogP contribution >= 0.6 is 0 Å². The fourth-order valence-corrected chi connectivity index (χ4v) is 3.28. The molecule has 0 fully saturated rings. The molecule has 1 heterocycles. The number of benzene rings is 3. The van der Waals surface area contributed by atoms with E-state index in [1.165, 1.54) is 38.6 Å². The highest BCUT2D eigenvalue weighted by atomic mass is 15.0. The summed E-state index contributed by atoms with van der Waals surface area (Å²) in [5.74, 6) is 0. The average molecular weight is 271 g/mol. The van der Waals surface area contributed by atoms with Crippen LogP contribution < -0.4 is 0 Å². The van der Waals surface area contributed by atoms with Crippen LogP contribution in [0.1, 0.15) is 11.3 Å². The lowest BCUT2D eigenvalue weighted by Gasteiger charge is -2.08. The van der Waals surface area contributed by atoms with Crippen molar-refractivity contribution in [2.75, 3.05) is 0 Å². The van der Waals surface area contributed by atoms with Crippen molar-refractivity contribution in [3.05, 3.63) is 78.0 Å². The van der Waals surface area contributed by atoms with Gasteiger partial charge in [0.1, 0.15) is 0 Å². The van der Waals surface area contributed by atoms with Crippen LogP contribution in [0.5, 0.6) is 0 Å². The standard InChI is InChI=1S/C20H17N/c1-14-15(2)21(17-9-4-3-5-10-17)19-13-12-16-8-6-7-11-18(16)20(14)19/h3-13H,1-2H3. The molecule has 0 radical (unpaired) electrons. The lowest BCUT2D eigenvalue weighted by Crippen LogP contribution is -1.95. The summed E-state index contributed by atoms with van der Waals surface area (Å²) in [6.07, 6.45) is 0. The van der Waals surface area contributed by atoms with Crippen molar-refractivity contribution in [2.45, 2.75) is 13.8 Å². The van der Waals surface area contributed by atoms with Crippen molar-refractivity contribution < 1.29 is 0 Å².